The summed E-state index contributed by atoms with van der Waals surface area (Å²) in [4.78, 5) is 15.6. The minimum Gasteiger partial charge on any atom is -0.494 e. The molecule has 1 N–H and O–H groups in total. The summed E-state index contributed by atoms with van der Waals surface area (Å²) in [5.41, 5.74) is 3.62. The van der Waals surface area contributed by atoms with Gasteiger partial charge in [0.2, 0.25) is 0 Å². The van der Waals surface area contributed by atoms with E-state index in [2.05, 4.69) is 15.5 Å². The molecule has 0 spiro atoms. The number of nitrogens with zero attached hydrogens (tertiary/aromatic N) is 2. The number of benzene rings is 1. The fraction of sp³-hybridized carbons (Fsp3) is 0.133. The summed E-state index contributed by atoms with van der Waals surface area (Å²) < 4.78 is 5.34. The first-order valence-electron chi connectivity index (χ1n) is 6.27. The molecule has 2 aromatic rings. The van der Waals surface area contributed by atoms with Gasteiger partial charge in [-0.05, 0) is 48.9 Å². The Morgan fingerprint density at radius 3 is 2.75 bits per heavy atom. The number of rotatable bonds is 5. The quantitative estimate of drug-likeness (QED) is 0.669. The van der Waals surface area contributed by atoms with E-state index in [1.807, 2.05) is 31.2 Å². The highest BCUT2D eigenvalue weighted by molar-refractivity contribution is 5.93. The van der Waals surface area contributed by atoms with Crippen molar-refractivity contribution in [2.75, 3.05) is 6.61 Å². The molecule has 1 amide bonds. The maximum atomic E-state index is 11.7. The first-order chi connectivity index (χ1) is 9.79. The number of hydrazone groups is 1. The van der Waals surface area contributed by atoms with Crippen LogP contribution in [0.2, 0.25) is 0 Å². The van der Waals surface area contributed by atoms with E-state index >= 15 is 0 Å². The van der Waals surface area contributed by atoms with Crippen molar-refractivity contribution in [2.45, 2.75) is 6.92 Å². The van der Waals surface area contributed by atoms with Crippen molar-refractivity contribution in [1.82, 2.24) is 10.4 Å². The lowest BCUT2D eigenvalue weighted by molar-refractivity contribution is 0.0950. The number of carbonyl (C=O) groups is 1. The smallest absolute Gasteiger partial charge is 0.289 e. The van der Waals surface area contributed by atoms with Gasteiger partial charge in [-0.1, -0.05) is 6.07 Å². The Morgan fingerprint density at radius 2 is 2.10 bits per heavy atom. The zero-order valence-electron chi connectivity index (χ0n) is 11.1. The summed E-state index contributed by atoms with van der Waals surface area (Å²) in [7, 11) is 0. The SMILES string of the molecule is CCOc1ccc(C=NNC(=O)c2ccccn2)cc1. The molecule has 20 heavy (non-hydrogen) atoms. The van der Waals surface area contributed by atoms with E-state index in [4.69, 9.17) is 4.74 Å². The fourth-order valence-corrected chi connectivity index (χ4v) is 1.54. The van der Waals surface area contributed by atoms with E-state index in [0.29, 0.717) is 12.3 Å². The molecule has 5 nitrogen and oxygen atoms in total. The molecule has 0 aliphatic carbocycles. The van der Waals surface area contributed by atoms with Crippen LogP contribution in [0.1, 0.15) is 23.0 Å². The molecule has 2 rings (SSSR count). The van der Waals surface area contributed by atoms with Gasteiger partial charge in [0.05, 0.1) is 12.8 Å². The fourth-order valence-electron chi connectivity index (χ4n) is 1.54. The Hall–Kier alpha value is -2.69. The van der Waals surface area contributed by atoms with Crippen LogP contribution in [0, 0.1) is 0 Å². The molecule has 1 aromatic heterocycles. The van der Waals surface area contributed by atoms with Gasteiger partial charge in [0.1, 0.15) is 11.4 Å². The summed E-state index contributed by atoms with van der Waals surface area (Å²) in [6.45, 7) is 2.57. The van der Waals surface area contributed by atoms with Gasteiger partial charge in [-0.25, -0.2) is 5.43 Å². The van der Waals surface area contributed by atoms with E-state index < -0.39 is 0 Å². The molecule has 0 unspecified atom stereocenters. The molecule has 0 aliphatic heterocycles. The lowest BCUT2D eigenvalue weighted by Crippen LogP contribution is -2.18. The average Bonchev–Trinajstić information content (AvgIpc) is 2.50. The number of hydrogen-bond acceptors (Lipinski definition) is 4. The number of pyridine rings is 1. The molecule has 0 aliphatic rings. The van der Waals surface area contributed by atoms with Gasteiger partial charge in [0, 0.05) is 6.20 Å². The van der Waals surface area contributed by atoms with Crippen molar-refractivity contribution in [3.63, 3.8) is 0 Å². The number of carbonyl (C=O) groups excluding carboxylic acids is 1. The van der Waals surface area contributed by atoms with Crippen molar-refractivity contribution in [3.05, 3.63) is 59.9 Å². The van der Waals surface area contributed by atoms with Crippen molar-refractivity contribution in [2.24, 2.45) is 5.10 Å². The number of aromatic nitrogens is 1. The number of ether oxygens (including phenoxy) is 1. The lowest BCUT2D eigenvalue weighted by atomic mass is 10.2. The van der Waals surface area contributed by atoms with Gasteiger partial charge in [-0.3, -0.25) is 9.78 Å². The third-order valence-corrected chi connectivity index (χ3v) is 2.47. The zero-order valence-corrected chi connectivity index (χ0v) is 11.1. The van der Waals surface area contributed by atoms with E-state index in [9.17, 15) is 4.79 Å². The largest absolute Gasteiger partial charge is 0.494 e. The molecule has 1 aromatic carbocycles. The maximum absolute atomic E-state index is 11.7. The van der Waals surface area contributed by atoms with Gasteiger partial charge in [-0.2, -0.15) is 5.10 Å². The van der Waals surface area contributed by atoms with Gasteiger partial charge in [0.25, 0.3) is 5.91 Å². The number of amides is 1. The molecular formula is C15H15N3O2. The topological polar surface area (TPSA) is 63.6 Å². The summed E-state index contributed by atoms with van der Waals surface area (Å²) in [6, 6.07) is 12.6. The molecule has 102 valence electrons. The highest BCUT2D eigenvalue weighted by atomic mass is 16.5. The van der Waals surface area contributed by atoms with Crippen LogP contribution >= 0.6 is 0 Å². The van der Waals surface area contributed by atoms with E-state index in [1.54, 1.807) is 30.6 Å². The van der Waals surface area contributed by atoms with Crippen LogP contribution in [0.3, 0.4) is 0 Å². The maximum Gasteiger partial charge on any atom is 0.289 e. The van der Waals surface area contributed by atoms with Crippen LogP contribution < -0.4 is 10.2 Å². The Morgan fingerprint density at radius 1 is 1.30 bits per heavy atom. The first-order valence-corrected chi connectivity index (χ1v) is 6.27. The Bertz CT molecular complexity index is 580. The summed E-state index contributed by atoms with van der Waals surface area (Å²) >= 11 is 0. The Balaban J connectivity index is 1.91. The molecule has 5 heteroatoms. The minimum absolute atomic E-state index is 0.330. The average molecular weight is 269 g/mol. The monoisotopic (exact) mass is 269 g/mol. The highest BCUT2D eigenvalue weighted by Gasteiger charge is 2.03. The highest BCUT2D eigenvalue weighted by Crippen LogP contribution is 2.10. The zero-order chi connectivity index (χ0) is 14.2. The second-order valence-corrected chi connectivity index (χ2v) is 3.92. The van der Waals surface area contributed by atoms with Crippen molar-refractivity contribution < 1.29 is 9.53 Å². The summed E-state index contributed by atoms with van der Waals surface area (Å²) in [5, 5.41) is 3.89. The van der Waals surface area contributed by atoms with Gasteiger partial charge >= 0.3 is 0 Å². The van der Waals surface area contributed by atoms with Gasteiger partial charge in [0.15, 0.2) is 0 Å². The van der Waals surface area contributed by atoms with Crippen LogP contribution in [-0.2, 0) is 0 Å². The second kappa shape index (κ2) is 7.04. The minimum atomic E-state index is -0.340. The standard InChI is InChI=1S/C15H15N3O2/c1-2-20-13-8-6-12(7-9-13)11-17-18-15(19)14-5-3-4-10-16-14/h3-11H,2H2,1H3,(H,18,19). The molecule has 0 saturated carbocycles. The van der Waals surface area contributed by atoms with Crippen LogP contribution in [0.25, 0.3) is 0 Å². The molecule has 0 radical (unpaired) electrons. The van der Waals surface area contributed by atoms with E-state index in [0.717, 1.165) is 11.3 Å². The van der Waals surface area contributed by atoms with Crippen LogP contribution in [-0.4, -0.2) is 23.7 Å². The predicted octanol–water partition coefficient (Wildman–Crippen LogP) is 2.24. The molecule has 0 bridgehead atoms. The summed E-state index contributed by atoms with van der Waals surface area (Å²) in [6.07, 6.45) is 3.13. The van der Waals surface area contributed by atoms with Gasteiger partial charge in [-0.15, -0.1) is 0 Å². The molecule has 0 fully saturated rings. The van der Waals surface area contributed by atoms with Crippen LogP contribution in [0.15, 0.2) is 53.8 Å². The molecule has 0 atom stereocenters. The molecule has 1 heterocycles. The predicted molar refractivity (Wildman–Crippen MR) is 76.9 cm³/mol. The Labute approximate surface area is 117 Å². The van der Waals surface area contributed by atoms with Crippen molar-refractivity contribution in [1.29, 1.82) is 0 Å². The third kappa shape index (κ3) is 3.91. The Kier molecular flexibility index (Phi) is 4.83. The van der Waals surface area contributed by atoms with Gasteiger partial charge < -0.3 is 4.74 Å². The summed E-state index contributed by atoms with van der Waals surface area (Å²) in [5.74, 6) is 0.468. The van der Waals surface area contributed by atoms with Crippen LogP contribution in [0.4, 0.5) is 0 Å². The normalized spacial score (nSPS) is 10.4. The van der Waals surface area contributed by atoms with E-state index in [1.165, 1.54) is 0 Å². The van der Waals surface area contributed by atoms with Crippen LogP contribution in [0.5, 0.6) is 5.75 Å². The first kappa shape index (κ1) is 13.7. The molecular weight excluding hydrogens is 254 g/mol. The number of nitrogens with one attached hydrogen (secondary N) is 1. The van der Waals surface area contributed by atoms with Crippen molar-refractivity contribution in [3.8, 4) is 5.75 Å². The number of hydrogen-bond donors (Lipinski definition) is 1. The molecule has 0 saturated heterocycles. The van der Waals surface area contributed by atoms with E-state index in [-0.39, 0.29) is 5.91 Å². The second-order valence-electron chi connectivity index (χ2n) is 3.92. The lowest BCUT2D eigenvalue weighted by Gasteiger charge is -2.02. The van der Waals surface area contributed by atoms with Crippen molar-refractivity contribution >= 4 is 12.1 Å². The third-order valence-electron chi connectivity index (χ3n) is 2.47.